The van der Waals surface area contributed by atoms with Gasteiger partial charge in [0.25, 0.3) is 0 Å². The Morgan fingerprint density at radius 1 is 0.913 bits per heavy atom. The van der Waals surface area contributed by atoms with Crippen LogP contribution >= 0.6 is 16.3 Å². The molecule has 3 fully saturated rings. The normalized spacial score (nSPS) is 36.0. The summed E-state index contributed by atoms with van der Waals surface area (Å²) < 4.78 is 51.6. The van der Waals surface area contributed by atoms with Gasteiger partial charge in [0.05, 0.1) is 0 Å². The SMILES string of the molecule is C[C@@H]1O[PH](O)(O)O[C@@H]2[C@H](F)[C@@H](CO[PH](O)(O)O[C@@H]3[C@H](O)[C@@H]1O[C@H]3n1cnc3c(N)ncnc31)O[C@H]2n1cnc2c(=O)[nH]c(N)nc21. The molecule has 4 aromatic rings. The van der Waals surface area contributed by atoms with Crippen LogP contribution in [0.3, 0.4) is 0 Å². The Bertz CT molecular complexity index is 1840. The molecule has 0 radical (unpaired) electrons. The molecule has 9 atom stereocenters. The van der Waals surface area contributed by atoms with E-state index in [1.807, 2.05) is 0 Å². The van der Waals surface area contributed by atoms with Crippen molar-refractivity contribution in [3.05, 3.63) is 29.3 Å². The van der Waals surface area contributed by atoms with Crippen LogP contribution in [-0.4, -0.2) is 113 Å². The maximum atomic E-state index is 15.9. The van der Waals surface area contributed by atoms with E-state index in [9.17, 15) is 29.5 Å². The molecule has 10 N–H and O–H groups in total. The van der Waals surface area contributed by atoms with E-state index in [0.29, 0.717) is 0 Å². The van der Waals surface area contributed by atoms with Crippen LogP contribution in [0.5, 0.6) is 0 Å². The molecule has 3 aliphatic heterocycles. The number of aliphatic hydroxyl groups excluding tert-OH is 1. The summed E-state index contributed by atoms with van der Waals surface area (Å²) in [4.78, 5) is 78.2. The van der Waals surface area contributed by atoms with E-state index in [2.05, 4.69) is 29.9 Å². The van der Waals surface area contributed by atoms with E-state index >= 15 is 4.39 Å². The number of nitrogens with zero attached hydrogens (tertiary/aromatic N) is 7. The van der Waals surface area contributed by atoms with Crippen LogP contribution in [0.15, 0.2) is 23.8 Å². The van der Waals surface area contributed by atoms with Gasteiger partial charge in [-0.25, -0.2) is 0 Å². The third-order valence-electron chi connectivity index (χ3n) is 7.72. The molecule has 4 aromatic heterocycles. The number of ether oxygens (including phenoxy) is 2. The number of anilines is 2. The summed E-state index contributed by atoms with van der Waals surface area (Å²) in [5, 5.41) is 11.3. The number of aromatic amines is 1. The molecule has 3 aliphatic rings. The van der Waals surface area contributed by atoms with Crippen molar-refractivity contribution in [1.29, 1.82) is 0 Å². The summed E-state index contributed by atoms with van der Waals surface area (Å²) in [5.74, 6) is -0.268. The summed E-state index contributed by atoms with van der Waals surface area (Å²) in [6.07, 6.45) is -11.4. The van der Waals surface area contributed by atoms with Gasteiger partial charge in [0.1, 0.15) is 0 Å². The summed E-state index contributed by atoms with van der Waals surface area (Å²) in [6.45, 7) is 0.431. The van der Waals surface area contributed by atoms with Gasteiger partial charge < -0.3 is 0 Å². The molecule has 7 rings (SSSR count). The number of nitrogen functional groups attached to an aromatic ring is 2. The third-order valence-corrected chi connectivity index (χ3v) is 10.1. The molecule has 0 aromatic carbocycles. The molecule has 3 saturated heterocycles. The van der Waals surface area contributed by atoms with Gasteiger partial charge in [-0.15, -0.1) is 0 Å². The molecular formula is C21H29FN10O12P2. The first-order valence-electron chi connectivity index (χ1n) is 13.6. The minimum absolute atomic E-state index is 0.0279. The van der Waals surface area contributed by atoms with Crippen molar-refractivity contribution in [2.75, 3.05) is 18.1 Å². The van der Waals surface area contributed by atoms with E-state index in [-0.39, 0.29) is 34.1 Å². The molecular weight excluding hydrogens is 665 g/mol. The number of hydrogen-bond acceptors (Lipinski definition) is 19. The average molecular weight is 694 g/mol. The molecule has 4 bridgehead atoms. The fourth-order valence-corrected chi connectivity index (χ4v) is 8.03. The molecule has 0 amide bonds. The van der Waals surface area contributed by atoms with Crippen LogP contribution in [0.1, 0.15) is 19.4 Å². The van der Waals surface area contributed by atoms with E-state index < -0.39 is 83.8 Å². The molecule has 7 heterocycles. The molecule has 0 spiro atoms. The van der Waals surface area contributed by atoms with Gasteiger partial charge in [-0.2, -0.15) is 0 Å². The van der Waals surface area contributed by atoms with E-state index in [1.54, 1.807) is 0 Å². The number of halogens is 1. The molecule has 25 heteroatoms. The van der Waals surface area contributed by atoms with Crippen molar-refractivity contribution in [2.24, 2.45) is 0 Å². The van der Waals surface area contributed by atoms with Crippen LogP contribution in [0.2, 0.25) is 0 Å². The number of nitrogens with two attached hydrogens (primary N) is 2. The monoisotopic (exact) mass is 694 g/mol. The van der Waals surface area contributed by atoms with E-state index in [0.717, 1.165) is 17.2 Å². The zero-order chi connectivity index (χ0) is 32.7. The van der Waals surface area contributed by atoms with Crippen molar-refractivity contribution in [1.82, 2.24) is 39.0 Å². The molecule has 252 valence electrons. The second kappa shape index (κ2) is 11.2. The number of hydrogen-bond donors (Lipinski definition) is 8. The Labute approximate surface area is 256 Å². The first-order chi connectivity index (χ1) is 21.7. The molecule has 0 saturated carbocycles. The summed E-state index contributed by atoms with van der Waals surface area (Å²) in [7, 11) is -10.6. The molecule has 0 aliphatic carbocycles. The fraction of sp³-hybridized carbons (Fsp3) is 0.524. The first kappa shape index (κ1) is 31.4. The molecule has 46 heavy (non-hydrogen) atoms. The Morgan fingerprint density at radius 2 is 1.59 bits per heavy atom. The standard InChI is InChI=1S/C21H29FN10O12P2/c1-6-12-11(33)14(20(41-12)31-4-27-9-15(23)25-3-26-16(9)31)44-45(35,36)39-2-7-8(22)13(43-46(37,38)42-6)19(40-7)32-5-28-10-17(32)29-21(24)30-18(10)34/h3-8,11-14,19-20,33,35-38,45-46H,2H2,1H3,(H2,23,25,26)(H3,24,29,30,34)/t6-,7+,8+,11+,12+,13+,14+,19+,20+/m0/s1. The summed E-state index contributed by atoms with van der Waals surface area (Å²) >= 11 is 0. The van der Waals surface area contributed by atoms with Crippen LogP contribution in [0.25, 0.3) is 22.3 Å². The van der Waals surface area contributed by atoms with Gasteiger partial charge in [-0.1, -0.05) is 0 Å². The number of rotatable bonds is 2. The minimum atomic E-state index is -5.32. The Morgan fingerprint density at radius 3 is 2.35 bits per heavy atom. The zero-order valence-electron chi connectivity index (χ0n) is 23.4. The second-order valence-electron chi connectivity index (χ2n) is 10.7. The number of nitrogens with one attached hydrogen (secondary N) is 1. The third kappa shape index (κ3) is 5.38. The van der Waals surface area contributed by atoms with Crippen LogP contribution < -0.4 is 17.0 Å². The maximum absolute atomic E-state index is 15.9. The first-order valence-corrected chi connectivity index (χ1v) is 17.0. The predicted octanol–water partition coefficient (Wildman–Crippen LogP) is -2.39. The quantitative estimate of drug-likeness (QED) is 0.101. The Balaban J connectivity index is 1.24. The second-order valence-corrected chi connectivity index (χ2v) is 13.9. The number of alkyl halides is 1. The van der Waals surface area contributed by atoms with Gasteiger partial charge in [-0.05, 0) is 0 Å². The van der Waals surface area contributed by atoms with Gasteiger partial charge >= 0.3 is 256 Å². The molecule has 22 nitrogen and oxygen atoms in total. The van der Waals surface area contributed by atoms with E-state index in [4.69, 9.17) is 39.0 Å². The number of imidazole rings is 2. The van der Waals surface area contributed by atoms with Crippen LogP contribution in [0, 0.1) is 0 Å². The zero-order valence-corrected chi connectivity index (χ0v) is 25.4. The van der Waals surface area contributed by atoms with Gasteiger partial charge in [-0.3, -0.25) is 0 Å². The van der Waals surface area contributed by atoms with Gasteiger partial charge in [0, 0.05) is 0 Å². The Hall–Kier alpha value is -3.15. The number of aromatic nitrogens is 8. The number of H-pyrrole nitrogens is 1. The summed E-state index contributed by atoms with van der Waals surface area (Å²) in [6, 6.07) is 0. The van der Waals surface area contributed by atoms with Crippen molar-refractivity contribution in [3.63, 3.8) is 0 Å². The van der Waals surface area contributed by atoms with Crippen LogP contribution in [-0.2, 0) is 27.6 Å². The average Bonchev–Trinajstić information content (AvgIpc) is 3.73. The van der Waals surface area contributed by atoms with Crippen LogP contribution in [0.4, 0.5) is 16.2 Å². The van der Waals surface area contributed by atoms with Crippen molar-refractivity contribution in [3.8, 4) is 0 Å². The fourth-order valence-electron chi connectivity index (χ4n) is 5.70. The van der Waals surface area contributed by atoms with Crippen molar-refractivity contribution < 1.29 is 56.6 Å². The van der Waals surface area contributed by atoms with E-state index in [1.165, 1.54) is 17.8 Å². The summed E-state index contributed by atoms with van der Waals surface area (Å²) in [5.41, 5.74) is 10.8. The number of fused-ring (bicyclic) bond motifs is 6. The van der Waals surface area contributed by atoms with Crippen molar-refractivity contribution in [2.45, 2.75) is 62.2 Å². The van der Waals surface area contributed by atoms with Gasteiger partial charge in [0.2, 0.25) is 0 Å². The van der Waals surface area contributed by atoms with Gasteiger partial charge in [0.15, 0.2) is 0 Å². The topological polar surface area (TPSA) is 316 Å². The Kier molecular flexibility index (Phi) is 7.68. The molecule has 0 unspecified atom stereocenters. The number of aliphatic hydroxyl groups is 1. The van der Waals surface area contributed by atoms with Crippen molar-refractivity contribution >= 4 is 50.4 Å². The predicted molar refractivity (Wildman–Crippen MR) is 153 cm³/mol.